The first-order valence-electron chi connectivity index (χ1n) is 13.3. The Hall–Kier alpha value is -2.48. The van der Waals surface area contributed by atoms with Gasteiger partial charge in [-0.1, -0.05) is 6.07 Å². The van der Waals surface area contributed by atoms with Crippen molar-refractivity contribution in [1.82, 2.24) is 10.6 Å². The molecule has 0 unspecified atom stereocenters. The lowest BCUT2D eigenvalue weighted by molar-refractivity contribution is 0.00696. The second-order valence-corrected chi connectivity index (χ2v) is 14.3. The first kappa shape index (κ1) is 29.0. The molecular weight excluding hydrogens is 661 g/mol. The number of nitrogens with one attached hydrogen (secondary N) is 3. The molecule has 3 heterocycles. The number of fused-ring (bicyclic) bond motifs is 2. The number of carboxylic acid groups (broad SMARTS) is 1. The van der Waals surface area contributed by atoms with Crippen LogP contribution in [0, 0.1) is 3.57 Å². The first-order chi connectivity index (χ1) is 19.0. The van der Waals surface area contributed by atoms with Crippen LogP contribution in [0.4, 0.5) is 9.80 Å². The molecule has 1 aromatic carbocycles. The van der Waals surface area contributed by atoms with Crippen molar-refractivity contribution >= 4 is 68.2 Å². The van der Waals surface area contributed by atoms with Crippen LogP contribution in [-0.2, 0) is 37.1 Å². The Labute approximate surface area is 255 Å². The summed E-state index contributed by atoms with van der Waals surface area (Å²) in [5.41, 5.74) is 4.34. The van der Waals surface area contributed by atoms with E-state index >= 15 is 0 Å². The molecule has 2 aromatic heterocycles. The molecule has 0 spiro atoms. The van der Waals surface area contributed by atoms with E-state index in [1.165, 1.54) is 21.8 Å². The third-order valence-electron chi connectivity index (χ3n) is 6.93. The van der Waals surface area contributed by atoms with E-state index in [1.54, 1.807) is 23.5 Å². The van der Waals surface area contributed by atoms with Crippen LogP contribution in [0.25, 0.3) is 10.4 Å². The summed E-state index contributed by atoms with van der Waals surface area (Å²) in [4.78, 5) is 41.3. The van der Waals surface area contributed by atoms with Crippen LogP contribution in [0.1, 0.15) is 80.8 Å². The standard InChI is InChI=1S/C29H32IN3O5S2/c1-29(2,3)38-27(36)23-18-6-4-5-7-21(18)40-25(23)33-28(37)32-13-19-16-10-11-31-14-22(16)39-24(19)17-9-8-15(26(34)35)12-20(17)30/h8-9,12,31H,4-7,10-11,13-14H2,1-3H3,(H,34,35)(H2,32,33,37). The maximum atomic E-state index is 13.2. The molecule has 2 amide bonds. The monoisotopic (exact) mass is 693 g/mol. The maximum Gasteiger partial charge on any atom is 0.341 e. The zero-order chi connectivity index (χ0) is 28.6. The van der Waals surface area contributed by atoms with Gasteiger partial charge in [-0.25, -0.2) is 14.4 Å². The van der Waals surface area contributed by atoms with Crippen molar-refractivity contribution in [2.75, 3.05) is 11.9 Å². The van der Waals surface area contributed by atoms with Crippen molar-refractivity contribution in [3.05, 3.63) is 59.3 Å². The van der Waals surface area contributed by atoms with E-state index in [1.807, 2.05) is 26.8 Å². The van der Waals surface area contributed by atoms with Gasteiger partial charge in [0.2, 0.25) is 0 Å². The molecule has 40 heavy (non-hydrogen) atoms. The van der Waals surface area contributed by atoms with Gasteiger partial charge in [0.1, 0.15) is 10.6 Å². The van der Waals surface area contributed by atoms with Gasteiger partial charge < -0.3 is 20.5 Å². The topological polar surface area (TPSA) is 117 Å². The van der Waals surface area contributed by atoms with E-state index in [-0.39, 0.29) is 11.6 Å². The Balaban J connectivity index is 1.40. The molecule has 0 saturated heterocycles. The number of aryl methyl sites for hydroxylation is 1. The summed E-state index contributed by atoms with van der Waals surface area (Å²) in [5.74, 6) is -1.36. The van der Waals surface area contributed by atoms with Crippen LogP contribution in [0.2, 0.25) is 0 Å². The number of halogens is 1. The number of carbonyl (C=O) groups is 3. The minimum absolute atomic E-state index is 0.245. The van der Waals surface area contributed by atoms with Crippen molar-refractivity contribution < 1.29 is 24.2 Å². The molecule has 3 aromatic rings. The third-order valence-corrected chi connectivity index (χ3v) is 10.3. The molecule has 0 atom stereocenters. The van der Waals surface area contributed by atoms with Gasteiger partial charge in [0.25, 0.3) is 0 Å². The average molecular weight is 694 g/mol. The van der Waals surface area contributed by atoms with Crippen LogP contribution < -0.4 is 16.0 Å². The molecule has 1 aliphatic heterocycles. The molecule has 11 heteroatoms. The van der Waals surface area contributed by atoms with Gasteiger partial charge in [0.05, 0.1) is 11.1 Å². The number of aromatic carboxylic acids is 1. The van der Waals surface area contributed by atoms with Crippen LogP contribution in [0.5, 0.6) is 0 Å². The lowest BCUT2D eigenvalue weighted by Crippen LogP contribution is -2.30. The quantitative estimate of drug-likeness (QED) is 0.171. The average Bonchev–Trinajstić information content (AvgIpc) is 3.44. The molecule has 0 fully saturated rings. The van der Waals surface area contributed by atoms with Gasteiger partial charge in [0.15, 0.2) is 0 Å². The van der Waals surface area contributed by atoms with Gasteiger partial charge >= 0.3 is 18.0 Å². The van der Waals surface area contributed by atoms with E-state index in [4.69, 9.17) is 4.74 Å². The number of amides is 2. The Kier molecular flexibility index (Phi) is 8.55. The lowest BCUT2D eigenvalue weighted by Gasteiger charge is -2.21. The zero-order valence-corrected chi connectivity index (χ0v) is 26.5. The van der Waals surface area contributed by atoms with Gasteiger partial charge in [0, 0.05) is 36.9 Å². The number of rotatable bonds is 6. The number of thiophene rings is 2. The molecule has 1 aliphatic carbocycles. The van der Waals surface area contributed by atoms with E-state index in [9.17, 15) is 19.5 Å². The molecule has 5 rings (SSSR count). The fourth-order valence-corrected chi connectivity index (χ4v) is 8.77. The summed E-state index contributed by atoms with van der Waals surface area (Å²) in [7, 11) is 0. The fraction of sp³-hybridized carbons (Fsp3) is 0.414. The van der Waals surface area contributed by atoms with Crippen molar-refractivity contribution in [2.45, 2.75) is 71.6 Å². The van der Waals surface area contributed by atoms with E-state index in [0.717, 1.165) is 75.2 Å². The van der Waals surface area contributed by atoms with Gasteiger partial charge in [-0.05, 0) is 111 Å². The van der Waals surface area contributed by atoms with Crippen molar-refractivity contribution in [3.8, 4) is 10.4 Å². The molecule has 0 bridgehead atoms. The minimum atomic E-state index is -0.960. The predicted octanol–water partition coefficient (Wildman–Crippen LogP) is 6.58. The third kappa shape index (κ3) is 6.22. The van der Waals surface area contributed by atoms with E-state index in [2.05, 4.69) is 38.5 Å². The summed E-state index contributed by atoms with van der Waals surface area (Å²) < 4.78 is 6.55. The zero-order valence-electron chi connectivity index (χ0n) is 22.7. The highest BCUT2D eigenvalue weighted by molar-refractivity contribution is 14.1. The normalized spacial score (nSPS) is 14.7. The van der Waals surface area contributed by atoms with Gasteiger partial charge in [-0.3, -0.25) is 5.32 Å². The summed E-state index contributed by atoms with van der Waals surface area (Å²) in [6.45, 7) is 7.47. The number of benzene rings is 1. The molecule has 4 N–H and O–H groups in total. The molecule has 0 saturated carbocycles. The summed E-state index contributed by atoms with van der Waals surface area (Å²) in [6, 6.07) is 4.77. The molecule has 212 valence electrons. The number of ether oxygens (including phenoxy) is 1. The van der Waals surface area contributed by atoms with E-state index in [0.29, 0.717) is 17.1 Å². The van der Waals surface area contributed by atoms with Crippen LogP contribution >= 0.6 is 45.3 Å². The highest BCUT2D eigenvalue weighted by atomic mass is 127. The second kappa shape index (κ2) is 11.8. The lowest BCUT2D eigenvalue weighted by atomic mass is 9.95. The number of carbonyl (C=O) groups excluding carboxylic acids is 2. The Morgan fingerprint density at radius 1 is 1.07 bits per heavy atom. The summed E-state index contributed by atoms with van der Waals surface area (Å²) in [5, 5.41) is 19.3. The largest absolute Gasteiger partial charge is 0.478 e. The smallest absolute Gasteiger partial charge is 0.341 e. The maximum absolute atomic E-state index is 13.2. The Morgan fingerprint density at radius 2 is 1.85 bits per heavy atom. The van der Waals surface area contributed by atoms with Crippen molar-refractivity contribution in [2.24, 2.45) is 0 Å². The number of hydrogen-bond acceptors (Lipinski definition) is 7. The van der Waals surface area contributed by atoms with Gasteiger partial charge in [-0.2, -0.15) is 0 Å². The molecular formula is C29H32IN3O5S2. The predicted molar refractivity (Wildman–Crippen MR) is 167 cm³/mol. The second-order valence-electron chi connectivity index (χ2n) is 11.0. The van der Waals surface area contributed by atoms with Crippen LogP contribution in [-0.4, -0.2) is 35.2 Å². The fourth-order valence-electron chi connectivity index (χ4n) is 5.15. The minimum Gasteiger partial charge on any atom is -0.478 e. The molecule has 8 nitrogen and oxygen atoms in total. The molecule has 0 radical (unpaired) electrons. The highest BCUT2D eigenvalue weighted by Crippen LogP contribution is 2.41. The summed E-state index contributed by atoms with van der Waals surface area (Å²) in [6.07, 6.45) is 4.64. The Bertz CT molecular complexity index is 1490. The van der Waals surface area contributed by atoms with Crippen LogP contribution in [0.3, 0.4) is 0 Å². The number of urea groups is 1. The summed E-state index contributed by atoms with van der Waals surface area (Å²) >= 11 is 5.33. The molecule has 2 aliphatic rings. The number of carboxylic acids is 1. The first-order valence-corrected chi connectivity index (χ1v) is 16.0. The van der Waals surface area contributed by atoms with E-state index < -0.39 is 17.5 Å². The van der Waals surface area contributed by atoms with Crippen LogP contribution in [0.15, 0.2) is 18.2 Å². The highest BCUT2D eigenvalue weighted by Gasteiger charge is 2.30. The Morgan fingerprint density at radius 3 is 2.58 bits per heavy atom. The number of anilines is 1. The SMILES string of the molecule is CC(C)(C)OC(=O)c1c(NC(=O)NCc2c(-c3ccc(C(=O)O)cc3I)sc3c2CCNC3)sc2c1CCCC2. The number of esters is 1. The van der Waals surface area contributed by atoms with Crippen molar-refractivity contribution in [3.63, 3.8) is 0 Å². The number of hydrogen-bond donors (Lipinski definition) is 4. The van der Waals surface area contributed by atoms with Gasteiger partial charge in [-0.15, -0.1) is 22.7 Å². The van der Waals surface area contributed by atoms with Crippen molar-refractivity contribution in [1.29, 1.82) is 0 Å².